The molecule has 144 valence electrons. The maximum Gasteiger partial charge on any atom is 0.247 e. The summed E-state index contributed by atoms with van der Waals surface area (Å²) in [6.07, 6.45) is 2.34. The lowest BCUT2D eigenvalue weighted by atomic mass is 9.98. The number of hydrogen-bond donors (Lipinski definition) is 2. The minimum atomic E-state index is -3.67. The number of aromatic hydroxyl groups is 1. The molecule has 0 unspecified atom stereocenters. The molecule has 0 spiro atoms. The molecular weight excluding hydrogens is 390 g/mol. The van der Waals surface area contributed by atoms with Crippen LogP contribution in [0.3, 0.4) is 0 Å². The third kappa shape index (κ3) is 4.40. The summed E-state index contributed by atoms with van der Waals surface area (Å²) in [5.41, 5.74) is 1.88. The van der Waals surface area contributed by atoms with Crippen LogP contribution in [-0.2, 0) is 20.0 Å². The smallest absolute Gasteiger partial charge is 0.247 e. The van der Waals surface area contributed by atoms with Crippen LogP contribution in [0.2, 0.25) is 0 Å². The van der Waals surface area contributed by atoms with E-state index in [0.29, 0.717) is 22.5 Å². The lowest BCUT2D eigenvalue weighted by Gasteiger charge is -2.22. The zero-order valence-corrected chi connectivity index (χ0v) is 16.3. The molecule has 0 aromatic heterocycles. The second-order valence-corrected chi connectivity index (χ2v) is 9.90. The number of nitrogens with zero attached hydrogens (tertiary/aromatic N) is 2. The summed E-state index contributed by atoms with van der Waals surface area (Å²) in [5.74, 6) is -0.0138. The first kappa shape index (κ1) is 19.2. The van der Waals surface area contributed by atoms with E-state index in [-0.39, 0.29) is 12.2 Å². The number of rotatable bonds is 5. The van der Waals surface area contributed by atoms with Crippen molar-refractivity contribution in [3.05, 3.63) is 59.7 Å². The first-order valence-electron chi connectivity index (χ1n) is 7.97. The molecule has 1 heterocycles. The minimum Gasteiger partial charge on any atom is -0.508 e. The molecule has 0 saturated heterocycles. The average molecular weight is 409 g/mol. The number of para-hydroxylation sites is 1. The Hall–Kier alpha value is -2.59. The Morgan fingerprint density at radius 2 is 1.78 bits per heavy atom. The largest absolute Gasteiger partial charge is 0.508 e. The number of hydrazone groups is 1. The standard InChI is InChI=1S/C17H19N3O5S2/c1-26(22,23)19-13-7-5-6-12(10-13)15-11-16(20(18-15)27(2,24)25)14-8-3-4-9-17(14)21/h3-10,16,19,21H,11H2,1-2H3/t16-/m0/s1. The molecule has 8 nitrogen and oxygen atoms in total. The van der Waals surface area contributed by atoms with Gasteiger partial charge in [-0.3, -0.25) is 4.72 Å². The molecule has 27 heavy (non-hydrogen) atoms. The van der Waals surface area contributed by atoms with Crippen LogP contribution in [-0.4, -0.2) is 44.6 Å². The average Bonchev–Trinajstić information content (AvgIpc) is 2.99. The highest BCUT2D eigenvalue weighted by atomic mass is 32.2. The third-order valence-electron chi connectivity index (χ3n) is 4.01. The van der Waals surface area contributed by atoms with Gasteiger partial charge in [0.25, 0.3) is 0 Å². The molecule has 2 N–H and O–H groups in total. The molecule has 3 rings (SSSR count). The normalized spacial score (nSPS) is 17.6. The number of phenolic OH excluding ortho intramolecular Hbond substituents is 1. The van der Waals surface area contributed by atoms with Crippen molar-refractivity contribution in [3.8, 4) is 5.75 Å². The highest BCUT2D eigenvalue weighted by molar-refractivity contribution is 7.92. The van der Waals surface area contributed by atoms with E-state index in [1.807, 2.05) is 0 Å². The monoisotopic (exact) mass is 409 g/mol. The summed E-state index contributed by atoms with van der Waals surface area (Å²) < 4.78 is 50.6. The van der Waals surface area contributed by atoms with Crippen LogP contribution in [0.1, 0.15) is 23.6 Å². The van der Waals surface area contributed by atoms with E-state index in [4.69, 9.17) is 0 Å². The predicted octanol–water partition coefficient (Wildman–Crippen LogP) is 1.87. The lowest BCUT2D eigenvalue weighted by Crippen LogP contribution is -2.25. The van der Waals surface area contributed by atoms with Crippen molar-refractivity contribution in [2.45, 2.75) is 12.5 Å². The van der Waals surface area contributed by atoms with Gasteiger partial charge in [0.1, 0.15) is 5.75 Å². The first-order valence-corrected chi connectivity index (χ1v) is 11.7. The second kappa shape index (κ2) is 6.86. The molecule has 1 atom stereocenters. The number of nitrogens with one attached hydrogen (secondary N) is 1. The molecule has 0 radical (unpaired) electrons. The van der Waals surface area contributed by atoms with Gasteiger partial charge in [-0.25, -0.2) is 16.8 Å². The van der Waals surface area contributed by atoms with E-state index >= 15 is 0 Å². The fraction of sp³-hybridized carbons (Fsp3) is 0.235. The second-order valence-electron chi connectivity index (χ2n) is 6.32. The van der Waals surface area contributed by atoms with Crippen molar-refractivity contribution < 1.29 is 21.9 Å². The van der Waals surface area contributed by atoms with Crippen molar-refractivity contribution in [3.63, 3.8) is 0 Å². The van der Waals surface area contributed by atoms with Crippen LogP contribution in [0.15, 0.2) is 53.6 Å². The predicted molar refractivity (Wildman–Crippen MR) is 104 cm³/mol. The Kier molecular flexibility index (Phi) is 4.87. The number of sulfonamides is 2. The Bertz CT molecular complexity index is 1110. The fourth-order valence-electron chi connectivity index (χ4n) is 2.95. The Labute approximate surface area is 158 Å². The van der Waals surface area contributed by atoms with Crippen LogP contribution >= 0.6 is 0 Å². The van der Waals surface area contributed by atoms with Crippen LogP contribution < -0.4 is 4.72 Å². The van der Waals surface area contributed by atoms with Crippen molar-refractivity contribution in [2.24, 2.45) is 5.10 Å². The summed E-state index contributed by atoms with van der Waals surface area (Å²) in [5, 5.41) is 14.4. The molecule has 0 fully saturated rings. The minimum absolute atomic E-state index is 0.0138. The Morgan fingerprint density at radius 1 is 1.07 bits per heavy atom. The van der Waals surface area contributed by atoms with Crippen LogP contribution in [0.4, 0.5) is 5.69 Å². The summed E-state index contributed by atoms with van der Waals surface area (Å²) in [6, 6.07) is 12.4. The number of hydrogen-bond acceptors (Lipinski definition) is 6. The third-order valence-corrected chi connectivity index (χ3v) is 5.63. The van der Waals surface area contributed by atoms with Crippen LogP contribution in [0.5, 0.6) is 5.75 Å². The van der Waals surface area contributed by atoms with Gasteiger partial charge in [0, 0.05) is 17.7 Å². The SMILES string of the molecule is CS(=O)(=O)Nc1cccc(C2=NN(S(C)(=O)=O)[C@H](c3ccccc3O)C2)c1. The summed E-state index contributed by atoms with van der Waals surface area (Å²) in [7, 11) is -7.11. The summed E-state index contributed by atoms with van der Waals surface area (Å²) >= 11 is 0. The van der Waals surface area contributed by atoms with E-state index < -0.39 is 26.1 Å². The molecule has 2 aromatic rings. The van der Waals surface area contributed by atoms with Gasteiger partial charge in [-0.1, -0.05) is 30.3 Å². The fourth-order valence-corrected chi connectivity index (χ4v) is 4.40. The quantitative estimate of drug-likeness (QED) is 0.782. The van der Waals surface area contributed by atoms with Gasteiger partial charge in [0.15, 0.2) is 0 Å². The molecular formula is C17H19N3O5S2. The topological polar surface area (TPSA) is 116 Å². The van der Waals surface area contributed by atoms with Gasteiger partial charge in [0.2, 0.25) is 20.0 Å². The maximum absolute atomic E-state index is 12.2. The molecule has 10 heteroatoms. The lowest BCUT2D eigenvalue weighted by molar-refractivity contribution is 0.361. The molecule has 1 aliphatic rings. The maximum atomic E-state index is 12.2. The van der Waals surface area contributed by atoms with E-state index in [2.05, 4.69) is 9.82 Å². The van der Waals surface area contributed by atoms with Crippen molar-refractivity contribution >= 4 is 31.4 Å². The zero-order valence-electron chi connectivity index (χ0n) is 14.7. The van der Waals surface area contributed by atoms with Gasteiger partial charge in [-0.2, -0.15) is 9.52 Å². The zero-order chi connectivity index (χ0) is 19.8. The highest BCUT2D eigenvalue weighted by Gasteiger charge is 2.35. The number of anilines is 1. The molecule has 2 aromatic carbocycles. The van der Waals surface area contributed by atoms with Gasteiger partial charge in [-0.15, -0.1) is 0 Å². The van der Waals surface area contributed by atoms with Gasteiger partial charge in [0.05, 0.1) is 24.3 Å². The molecule has 0 aliphatic carbocycles. The van der Waals surface area contributed by atoms with E-state index in [0.717, 1.165) is 16.9 Å². The summed E-state index contributed by atoms with van der Waals surface area (Å²) in [4.78, 5) is 0. The highest BCUT2D eigenvalue weighted by Crippen LogP contribution is 2.38. The van der Waals surface area contributed by atoms with E-state index in [1.54, 1.807) is 42.5 Å². The van der Waals surface area contributed by atoms with E-state index in [9.17, 15) is 21.9 Å². The van der Waals surface area contributed by atoms with Gasteiger partial charge >= 0.3 is 0 Å². The Balaban J connectivity index is 2.00. The van der Waals surface area contributed by atoms with Gasteiger partial charge in [-0.05, 0) is 23.8 Å². The van der Waals surface area contributed by atoms with Crippen molar-refractivity contribution in [2.75, 3.05) is 17.2 Å². The molecule has 0 bridgehead atoms. The van der Waals surface area contributed by atoms with Crippen molar-refractivity contribution in [1.82, 2.24) is 4.41 Å². The van der Waals surface area contributed by atoms with Crippen LogP contribution in [0, 0.1) is 0 Å². The summed E-state index contributed by atoms with van der Waals surface area (Å²) in [6.45, 7) is 0. The first-order chi connectivity index (χ1) is 12.5. The Morgan fingerprint density at radius 3 is 2.41 bits per heavy atom. The number of benzene rings is 2. The van der Waals surface area contributed by atoms with Gasteiger partial charge < -0.3 is 5.11 Å². The van der Waals surface area contributed by atoms with E-state index in [1.165, 1.54) is 6.07 Å². The van der Waals surface area contributed by atoms with Crippen molar-refractivity contribution in [1.29, 1.82) is 0 Å². The molecule has 1 aliphatic heterocycles. The number of phenols is 1. The molecule has 0 amide bonds. The molecule has 0 saturated carbocycles. The van der Waals surface area contributed by atoms with Crippen LogP contribution in [0.25, 0.3) is 0 Å².